The van der Waals surface area contributed by atoms with Crippen LogP contribution in [0.15, 0.2) is 54.9 Å². The number of carbonyl (C=O) groups excluding carboxylic acids is 1. The quantitative estimate of drug-likeness (QED) is 0.683. The smallest absolute Gasteiger partial charge is 0.258 e. The van der Waals surface area contributed by atoms with Crippen LogP contribution in [-0.4, -0.2) is 15.9 Å². The molecule has 0 bridgehead atoms. The molecule has 2 aromatic carbocycles. The summed E-state index contributed by atoms with van der Waals surface area (Å²) in [6.07, 6.45) is 2.82. The highest BCUT2D eigenvalue weighted by Crippen LogP contribution is 2.25. The molecule has 3 rings (SSSR count). The van der Waals surface area contributed by atoms with Crippen molar-refractivity contribution in [2.24, 2.45) is 0 Å². The van der Waals surface area contributed by atoms with Crippen molar-refractivity contribution >= 4 is 46.4 Å². The Balaban J connectivity index is 1.67. The Kier molecular flexibility index (Phi) is 5.32. The first-order chi connectivity index (χ1) is 12.5. The molecule has 0 aliphatic rings. The summed E-state index contributed by atoms with van der Waals surface area (Å²) in [5.74, 6) is -0.0332. The zero-order valence-electron chi connectivity index (χ0n) is 13.2. The number of halogens is 2. The van der Waals surface area contributed by atoms with Crippen LogP contribution < -0.4 is 10.6 Å². The summed E-state index contributed by atoms with van der Waals surface area (Å²) >= 11 is 11.8. The van der Waals surface area contributed by atoms with E-state index < -0.39 is 0 Å². The maximum absolute atomic E-state index is 12.2. The summed E-state index contributed by atoms with van der Waals surface area (Å²) in [4.78, 5) is 20.5. The molecule has 0 aliphatic carbocycles. The van der Waals surface area contributed by atoms with E-state index in [1.54, 1.807) is 42.5 Å². The SMILES string of the molecule is N#Cc1ccc(Nc2ncc(C(=O)Nc3ccc(Cl)c(Cl)c3)cn2)cc1. The molecule has 0 spiro atoms. The normalized spacial score (nSPS) is 10.0. The monoisotopic (exact) mass is 383 g/mol. The Morgan fingerprint density at radius 1 is 0.962 bits per heavy atom. The molecular weight excluding hydrogens is 373 g/mol. The van der Waals surface area contributed by atoms with E-state index in [1.807, 2.05) is 6.07 Å². The van der Waals surface area contributed by atoms with Gasteiger partial charge in [0, 0.05) is 23.8 Å². The number of rotatable bonds is 4. The van der Waals surface area contributed by atoms with Crippen molar-refractivity contribution < 1.29 is 4.79 Å². The van der Waals surface area contributed by atoms with Crippen molar-refractivity contribution in [2.45, 2.75) is 0 Å². The molecule has 1 amide bonds. The van der Waals surface area contributed by atoms with Crippen LogP contribution in [0.1, 0.15) is 15.9 Å². The standard InChI is InChI=1S/C18H11Cl2N5O/c19-15-6-5-14(7-16(15)20)24-17(26)12-9-22-18(23-10-12)25-13-3-1-11(8-21)2-4-13/h1-7,9-10H,(H,24,26)(H,22,23,25). The minimum Gasteiger partial charge on any atom is -0.324 e. The van der Waals surface area contributed by atoms with Crippen LogP contribution in [0.4, 0.5) is 17.3 Å². The first kappa shape index (κ1) is 17.7. The zero-order chi connectivity index (χ0) is 18.5. The Morgan fingerprint density at radius 2 is 1.62 bits per heavy atom. The molecule has 0 saturated heterocycles. The molecule has 128 valence electrons. The molecule has 0 unspecified atom stereocenters. The Bertz CT molecular complexity index is 982. The van der Waals surface area contributed by atoms with Crippen LogP contribution >= 0.6 is 23.2 Å². The van der Waals surface area contributed by atoms with E-state index >= 15 is 0 Å². The van der Waals surface area contributed by atoms with E-state index in [4.69, 9.17) is 28.5 Å². The molecule has 26 heavy (non-hydrogen) atoms. The number of nitrogens with one attached hydrogen (secondary N) is 2. The summed E-state index contributed by atoms with van der Waals surface area (Å²) in [5.41, 5.74) is 2.11. The Morgan fingerprint density at radius 3 is 2.23 bits per heavy atom. The molecule has 1 heterocycles. The number of carbonyl (C=O) groups is 1. The van der Waals surface area contributed by atoms with Gasteiger partial charge in [-0.2, -0.15) is 5.26 Å². The number of hydrogen-bond donors (Lipinski definition) is 2. The largest absolute Gasteiger partial charge is 0.324 e. The van der Waals surface area contributed by atoms with E-state index in [1.165, 1.54) is 12.4 Å². The topological polar surface area (TPSA) is 90.7 Å². The molecule has 6 nitrogen and oxygen atoms in total. The van der Waals surface area contributed by atoms with Crippen molar-refractivity contribution in [1.82, 2.24) is 9.97 Å². The second-order valence-electron chi connectivity index (χ2n) is 5.19. The van der Waals surface area contributed by atoms with Gasteiger partial charge in [0.2, 0.25) is 5.95 Å². The lowest BCUT2D eigenvalue weighted by Gasteiger charge is -2.07. The lowest BCUT2D eigenvalue weighted by molar-refractivity contribution is 0.102. The number of anilines is 3. The zero-order valence-corrected chi connectivity index (χ0v) is 14.7. The van der Waals surface area contributed by atoms with Crippen LogP contribution in [0.25, 0.3) is 0 Å². The molecule has 2 N–H and O–H groups in total. The number of amides is 1. The van der Waals surface area contributed by atoms with Gasteiger partial charge in [-0.3, -0.25) is 4.79 Å². The van der Waals surface area contributed by atoms with Gasteiger partial charge in [-0.1, -0.05) is 23.2 Å². The molecule has 0 fully saturated rings. The van der Waals surface area contributed by atoms with Gasteiger partial charge in [-0.15, -0.1) is 0 Å². The van der Waals surface area contributed by atoms with Gasteiger partial charge >= 0.3 is 0 Å². The first-order valence-corrected chi connectivity index (χ1v) is 8.16. The number of nitriles is 1. The van der Waals surface area contributed by atoms with Gasteiger partial charge in [0.25, 0.3) is 5.91 Å². The van der Waals surface area contributed by atoms with E-state index in [0.717, 1.165) is 5.69 Å². The minimum atomic E-state index is -0.367. The van der Waals surface area contributed by atoms with Crippen molar-refractivity contribution in [3.63, 3.8) is 0 Å². The fraction of sp³-hybridized carbons (Fsp3) is 0. The predicted molar refractivity (Wildman–Crippen MR) is 101 cm³/mol. The van der Waals surface area contributed by atoms with E-state index in [2.05, 4.69) is 20.6 Å². The fourth-order valence-electron chi connectivity index (χ4n) is 2.04. The van der Waals surface area contributed by atoms with Gasteiger partial charge < -0.3 is 10.6 Å². The maximum Gasteiger partial charge on any atom is 0.258 e. The third kappa shape index (κ3) is 4.28. The third-order valence-electron chi connectivity index (χ3n) is 3.36. The molecular formula is C18H11Cl2N5O. The van der Waals surface area contributed by atoms with Gasteiger partial charge in [0.1, 0.15) is 0 Å². The summed E-state index contributed by atoms with van der Waals surface area (Å²) in [5, 5.41) is 15.2. The lowest BCUT2D eigenvalue weighted by Crippen LogP contribution is -2.13. The van der Waals surface area contributed by atoms with Crippen LogP contribution in [0.3, 0.4) is 0 Å². The molecule has 0 atom stereocenters. The first-order valence-electron chi connectivity index (χ1n) is 7.41. The highest BCUT2D eigenvalue weighted by molar-refractivity contribution is 6.42. The van der Waals surface area contributed by atoms with E-state index in [-0.39, 0.29) is 5.91 Å². The molecule has 3 aromatic rings. The highest BCUT2D eigenvalue weighted by Gasteiger charge is 2.09. The summed E-state index contributed by atoms with van der Waals surface area (Å²) in [7, 11) is 0. The number of aromatic nitrogens is 2. The van der Waals surface area contributed by atoms with Crippen LogP contribution in [0.2, 0.25) is 10.0 Å². The highest BCUT2D eigenvalue weighted by atomic mass is 35.5. The van der Waals surface area contributed by atoms with Gasteiger partial charge in [-0.05, 0) is 42.5 Å². The average Bonchev–Trinajstić information content (AvgIpc) is 2.66. The molecule has 0 saturated carbocycles. The Hall–Kier alpha value is -3.14. The number of benzene rings is 2. The van der Waals surface area contributed by atoms with Crippen molar-refractivity contribution in [3.05, 3.63) is 76.0 Å². The van der Waals surface area contributed by atoms with Crippen molar-refractivity contribution in [1.29, 1.82) is 5.26 Å². The van der Waals surface area contributed by atoms with Gasteiger partial charge in [0.15, 0.2) is 0 Å². The van der Waals surface area contributed by atoms with Crippen LogP contribution in [-0.2, 0) is 0 Å². The van der Waals surface area contributed by atoms with E-state index in [0.29, 0.717) is 32.8 Å². The average molecular weight is 384 g/mol. The minimum absolute atomic E-state index is 0.293. The molecule has 0 aliphatic heterocycles. The molecule has 0 radical (unpaired) electrons. The lowest BCUT2D eigenvalue weighted by atomic mass is 10.2. The third-order valence-corrected chi connectivity index (χ3v) is 4.10. The summed E-state index contributed by atoms with van der Waals surface area (Å²) in [6.45, 7) is 0. The molecule has 1 aromatic heterocycles. The van der Waals surface area contributed by atoms with Gasteiger partial charge in [-0.25, -0.2) is 9.97 Å². The molecule has 8 heteroatoms. The second kappa shape index (κ2) is 7.83. The Labute approximate surface area is 159 Å². The van der Waals surface area contributed by atoms with Crippen molar-refractivity contribution in [3.8, 4) is 6.07 Å². The van der Waals surface area contributed by atoms with Crippen LogP contribution in [0, 0.1) is 11.3 Å². The van der Waals surface area contributed by atoms with Crippen molar-refractivity contribution in [2.75, 3.05) is 10.6 Å². The number of nitrogens with zero attached hydrogens (tertiary/aromatic N) is 3. The summed E-state index contributed by atoms with van der Waals surface area (Å²) in [6, 6.07) is 13.7. The predicted octanol–water partition coefficient (Wildman–Crippen LogP) is 4.65. The van der Waals surface area contributed by atoms with Crippen LogP contribution in [0.5, 0.6) is 0 Å². The maximum atomic E-state index is 12.2. The summed E-state index contributed by atoms with van der Waals surface area (Å²) < 4.78 is 0. The van der Waals surface area contributed by atoms with Gasteiger partial charge in [0.05, 0.1) is 27.2 Å². The second-order valence-corrected chi connectivity index (χ2v) is 6.01. The van der Waals surface area contributed by atoms with E-state index in [9.17, 15) is 4.79 Å². The fourth-order valence-corrected chi connectivity index (χ4v) is 2.34. The number of hydrogen-bond acceptors (Lipinski definition) is 5.